The molecule has 0 aromatic carbocycles. The minimum absolute atomic E-state index is 0.778. The molecule has 86 valence electrons. The van der Waals surface area contributed by atoms with Crippen LogP contribution in [0.25, 0.3) is 0 Å². The average Bonchev–Trinajstić information content (AvgIpc) is 2.38. The summed E-state index contributed by atoms with van der Waals surface area (Å²) in [5.74, 6) is 1.90. The highest BCUT2D eigenvalue weighted by molar-refractivity contribution is 5.38. The van der Waals surface area contributed by atoms with E-state index in [1.165, 1.54) is 12.8 Å². The molecule has 0 spiro atoms. The molecule has 2 nitrogen and oxygen atoms in total. The normalized spacial score (nSPS) is 18.2. The summed E-state index contributed by atoms with van der Waals surface area (Å²) in [6.07, 6.45) is 10.2. The molecular formula is C14H20N2. The zero-order valence-electron chi connectivity index (χ0n) is 9.97. The molecule has 2 heterocycles. The van der Waals surface area contributed by atoms with Gasteiger partial charge in [0.15, 0.2) is 0 Å². The molecule has 1 aliphatic heterocycles. The summed E-state index contributed by atoms with van der Waals surface area (Å²) in [6, 6.07) is 6.13. The Morgan fingerprint density at radius 1 is 1.38 bits per heavy atom. The van der Waals surface area contributed by atoms with Crippen molar-refractivity contribution in [3.63, 3.8) is 0 Å². The molecular weight excluding hydrogens is 196 g/mol. The van der Waals surface area contributed by atoms with E-state index in [0.29, 0.717) is 0 Å². The van der Waals surface area contributed by atoms with Crippen LogP contribution in [0.4, 0.5) is 5.82 Å². The van der Waals surface area contributed by atoms with Crippen LogP contribution >= 0.6 is 0 Å². The molecule has 0 unspecified atom stereocenters. The Hall–Kier alpha value is -1.31. The number of rotatable bonds is 3. The third-order valence-electron chi connectivity index (χ3n) is 3.16. The van der Waals surface area contributed by atoms with Gasteiger partial charge in [0.1, 0.15) is 5.82 Å². The van der Waals surface area contributed by atoms with E-state index in [1.54, 1.807) is 0 Å². The topological polar surface area (TPSA) is 16.1 Å². The highest BCUT2D eigenvalue weighted by atomic mass is 15.2. The Balaban J connectivity index is 1.88. The van der Waals surface area contributed by atoms with Gasteiger partial charge in [0.25, 0.3) is 0 Å². The number of allylic oxidation sites excluding steroid dienone is 2. The molecule has 16 heavy (non-hydrogen) atoms. The van der Waals surface area contributed by atoms with E-state index in [9.17, 15) is 0 Å². The Bertz CT molecular complexity index is 324. The Labute approximate surface area is 98.0 Å². The van der Waals surface area contributed by atoms with E-state index in [1.807, 2.05) is 12.3 Å². The van der Waals surface area contributed by atoms with Crippen molar-refractivity contribution in [1.29, 1.82) is 0 Å². The summed E-state index contributed by atoms with van der Waals surface area (Å²) in [6.45, 7) is 4.46. The van der Waals surface area contributed by atoms with Crippen LogP contribution in [-0.2, 0) is 0 Å². The lowest BCUT2D eigenvalue weighted by Crippen LogP contribution is -2.33. The van der Waals surface area contributed by atoms with Gasteiger partial charge in [-0.2, -0.15) is 0 Å². The van der Waals surface area contributed by atoms with Crippen LogP contribution in [0.1, 0.15) is 26.2 Å². The van der Waals surface area contributed by atoms with Crippen molar-refractivity contribution in [1.82, 2.24) is 4.98 Å². The Morgan fingerprint density at radius 3 is 2.81 bits per heavy atom. The van der Waals surface area contributed by atoms with E-state index >= 15 is 0 Å². The molecule has 1 aromatic heterocycles. The molecule has 2 heteroatoms. The lowest BCUT2D eigenvalue weighted by molar-refractivity contribution is 0.475. The van der Waals surface area contributed by atoms with Crippen molar-refractivity contribution in [2.75, 3.05) is 18.0 Å². The van der Waals surface area contributed by atoms with Crippen LogP contribution in [0.2, 0.25) is 0 Å². The summed E-state index contributed by atoms with van der Waals surface area (Å²) in [7, 11) is 0. The largest absolute Gasteiger partial charge is 0.357 e. The molecule has 0 amide bonds. The van der Waals surface area contributed by atoms with Gasteiger partial charge in [0.05, 0.1) is 0 Å². The van der Waals surface area contributed by atoms with Gasteiger partial charge in [-0.05, 0) is 37.3 Å². The summed E-state index contributed by atoms with van der Waals surface area (Å²) >= 11 is 0. The Morgan fingerprint density at radius 2 is 2.19 bits per heavy atom. The summed E-state index contributed by atoms with van der Waals surface area (Å²) in [4.78, 5) is 6.78. The van der Waals surface area contributed by atoms with Crippen molar-refractivity contribution < 1.29 is 0 Å². The van der Waals surface area contributed by atoms with Gasteiger partial charge in [-0.3, -0.25) is 0 Å². The van der Waals surface area contributed by atoms with Gasteiger partial charge < -0.3 is 4.90 Å². The molecule has 1 aromatic rings. The van der Waals surface area contributed by atoms with Crippen LogP contribution < -0.4 is 4.90 Å². The van der Waals surface area contributed by atoms with Crippen LogP contribution in [-0.4, -0.2) is 18.1 Å². The van der Waals surface area contributed by atoms with Crippen molar-refractivity contribution >= 4 is 5.82 Å². The van der Waals surface area contributed by atoms with E-state index in [-0.39, 0.29) is 0 Å². The van der Waals surface area contributed by atoms with E-state index in [2.05, 4.69) is 41.1 Å². The summed E-state index contributed by atoms with van der Waals surface area (Å²) in [5.41, 5.74) is 0. The quantitative estimate of drug-likeness (QED) is 0.721. The second kappa shape index (κ2) is 5.69. The maximum atomic E-state index is 4.40. The molecule has 2 rings (SSSR count). The first-order valence-electron chi connectivity index (χ1n) is 6.23. The van der Waals surface area contributed by atoms with Gasteiger partial charge in [-0.1, -0.05) is 25.1 Å². The monoisotopic (exact) mass is 216 g/mol. The third kappa shape index (κ3) is 2.84. The molecule has 0 bridgehead atoms. The number of hydrogen-bond donors (Lipinski definition) is 0. The number of hydrogen-bond acceptors (Lipinski definition) is 2. The molecule has 1 saturated heterocycles. The molecule has 0 N–H and O–H groups in total. The number of aromatic nitrogens is 1. The average molecular weight is 216 g/mol. The Kier molecular flexibility index (Phi) is 3.97. The lowest BCUT2D eigenvalue weighted by atomic mass is 9.96. The van der Waals surface area contributed by atoms with Crippen molar-refractivity contribution in [3.8, 4) is 0 Å². The van der Waals surface area contributed by atoms with Crippen LogP contribution in [0.5, 0.6) is 0 Å². The van der Waals surface area contributed by atoms with Gasteiger partial charge in [0, 0.05) is 19.3 Å². The second-order valence-corrected chi connectivity index (χ2v) is 4.35. The first kappa shape index (κ1) is 11.2. The molecule has 1 aliphatic rings. The minimum atomic E-state index is 0.778. The molecule has 0 radical (unpaired) electrons. The van der Waals surface area contributed by atoms with E-state index in [4.69, 9.17) is 0 Å². The highest BCUT2D eigenvalue weighted by Gasteiger charge is 2.17. The molecule has 0 aliphatic carbocycles. The fourth-order valence-corrected chi connectivity index (χ4v) is 2.19. The van der Waals surface area contributed by atoms with Crippen molar-refractivity contribution in [2.45, 2.75) is 26.2 Å². The molecule has 0 saturated carbocycles. The van der Waals surface area contributed by atoms with E-state index in [0.717, 1.165) is 31.2 Å². The number of anilines is 1. The maximum Gasteiger partial charge on any atom is 0.128 e. The van der Waals surface area contributed by atoms with Crippen LogP contribution in [0.3, 0.4) is 0 Å². The second-order valence-electron chi connectivity index (χ2n) is 4.35. The van der Waals surface area contributed by atoms with Gasteiger partial charge >= 0.3 is 0 Å². The highest BCUT2D eigenvalue weighted by Crippen LogP contribution is 2.22. The van der Waals surface area contributed by atoms with Crippen molar-refractivity contribution in [3.05, 3.63) is 36.5 Å². The zero-order valence-corrected chi connectivity index (χ0v) is 9.97. The molecule has 0 atom stereocenters. The lowest BCUT2D eigenvalue weighted by Gasteiger charge is -2.31. The maximum absolute atomic E-state index is 4.40. The SMILES string of the molecule is CC/C=C/C1CCN(c2ccccn2)CC1. The minimum Gasteiger partial charge on any atom is -0.357 e. The van der Waals surface area contributed by atoms with Crippen LogP contribution in [0.15, 0.2) is 36.5 Å². The first-order valence-corrected chi connectivity index (χ1v) is 6.23. The smallest absolute Gasteiger partial charge is 0.128 e. The predicted molar refractivity (Wildman–Crippen MR) is 68.6 cm³/mol. The number of pyridine rings is 1. The number of piperidine rings is 1. The first-order chi connectivity index (χ1) is 7.90. The van der Waals surface area contributed by atoms with Gasteiger partial charge in [0.2, 0.25) is 0 Å². The standard InChI is InChI=1S/C14H20N2/c1-2-3-6-13-8-11-16(12-9-13)14-7-4-5-10-15-14/h3-7,10,13H,2,8-9,11-12H2,1H3/b6-3+. The fraction of sp³-hybridized carbons (Fsp3) is 0.500. The van der Waals surface area contributed by atoms with E-state index < -0.39 is 0 Å². The van der Waals surface area contributed by atoms with Gasteiger partial charge in [-0.15, -0.1) is 0 Å². The summed E-state index contributed by atoms with van der Waals surface area (Å²) < 4.78 is 0. The number of nitrogens with zero attached hydrogens (tertiary/aromatic N) is 2. The van der Waals surface area contributed by atoms with Crippen molar-refractivity contribution in [2.24, 2.45) is 5.92 Å². The summed E-state index contributed by atoms with van der Waals surface area (Å²) in [5, 5.41) is 0. The third-order valence-corrected chi connectivity index (χ3v) is 3.16. The molecule has 1 fully saturated rings. The van der Waals surface area contributed by atoms with Crippen LogP contribution in [0, 0.1) is 5.92 Å². The zero-order chi connectivity index (χ0) is 11.2. The predicted octanol–water partition coefficient (Wildman–Crippen LogP) is 3.26. The fourth-order valence-electron chi connectivity index (χ4n) is 2.19. The van der Waals surface area contributed by atoms with Gasteiger partial charge in [-0.25, -0.2) is 4.98 Å².